The molecule has 0 saturated carbocycles. The van der Waals surface area contributed by atoms with Gasteiger partial charge in [0.15, 0.2) is 0 Å². The molecule has 0 aliphatic rings. The van der Waals surface area contributed by atoms with E-state index in [1.54, 1.807) is 24.3 Å². The number of alkyl halides is 3. The van der Waals surface area contributed by atoms with E-state index in [9.17, 15) is 26.4 Å². The molecule has 0 bridgehead atoms. The molecule has 0 aromatic heterocycles. The lowest BCUT2D eigenvalue weighted by molar-refractivity contribution is -0.456. The summed E-state index contributed by atoms with van der Waals surface area (Å²) in [6.45, 7) is 1.23. The van der Waals surface area contributed by atoms with Crippen LogP contribution >= 0.6 is 11.6 Å². The first-order valence-corrected chi connectivity index (χ1v) is 9.00. The molecule has 144 valence electrons. The predicted octanol–water partition coefficient (Wildman–Crippen LogP) is 2.84. The van der Waals surface area contributed by atoms with Crippen molar-refractivity contribution in [2.24, 2.45) is 5.84 Å². The van der Waals surface area contributed by atoms with Crippen molar-refractivity contribution in [2.45, 2.75) is 12.4 Å². The van der Waals surface area contributed by atoms with Crippen LogP contribution in [0.25, 0.3) is 0 Å². The molecule has 2 rings (SSSR count). The molecule has 0 saturated heterocycles. The van der Waals surface area contributed by atoms with E-state index in [1.165, 1.54) is 19.1 Å². The van der Waals surface area contributed by atoms with Gasteiger partial charge in [0, 0.05) is 10.6 Å². The third-order valence-corrected chi connectivity index (χ3v) is 4.55. The van der Waals surface area contributed by atoms with Gasteiger partial charge in [-0.05, 0) is 53.2 Å². The summed E-state index contributed by atoms with van der Waals surface area (Å²) in [5.74, 6) is 4.75. The molecule has 0 aliphatic heterocycles. The lowest BCUT2D eigenvalue weighted by Gasteiger charge is -2.10. The minimum atomic E-state index is -5.78. The van der Waals surface area contributed by atoms with Crippen LogP contribution in [0.2, 0.25) is 5.02 Å². The molecule has 0 spiro atoms. The summed E-state index contributed by atoms with van der Waals surface area (Å²) < 4.78 is 64.2. The second-order valence-corrected chi connectivity index (χ2v) is 7.23. The van der Waals surface area contributed by atoms with Gasteiger partial charge in [-0.3, -0.25) is 0 Å². The van der Waals surface area contributed by atoms with Crippen LogP contribution in [0.4, 0.5) is 13.2 Å². The normalized spacial score (nSPS) is 13.1. The number of halogens is 4. The lowest BCUT2D eigenvalue weighted by atomic mass is 10.0. The van der Waals surface area contributed by atoms with E-state index in [1.807, 2.05) is 0 Å². The van der Waals surface area contributed by atoms with Crippen LogP contribution in [-0.4, -0.2) is 30.2 Å². The molecule has 0 aliphatic carbocycles. The summed E-state index contributed by atoms with van der Waals surface area (Å²) in [7, 11) is -5.78. The van der Waals surface area contributed by atoms with Crippen molar-refractivity contribution in [1.82, 2.24) is 0 Å². The van der Waals surface area contributed by atoms with Gasteiger partial charge in [0.2, 0.25) is 0 Å². The zero-order valence-corrected chi connectivity index (χ0v) is 15.3. The molecule has 27 heavy (non-hydrogen) atoms. The zero-order chi connectivity index (χ0) is 20.4. The highest BCUT2D eigenvalue weighted by atomic mass is 35.5. The average Bonchev–Trinajstić information content (AvgIpc) is 2.57. The van der Waals surface area contributed by atoms with Gasteiger partial charge < -0.3 is 4.18 Å². The van der Waals surface area contributed by atoms with Gasteiger partial charge in [-0.2, -0.15) is 21.6 Å². The summed E-state index contributed by atoms with van der Waals surface area (Å²) in [5, 5.41) is 0.450. The van der Waals surface area contributed by atoms with Crippen LogP contribution in [0.3, 0.4) is 0 Å². The fourth-order valence-corrected chi connectivity index (χ4v) is 2.64. The second kappa shape index (κ2) is 7.57. The van der Waals surface area contributed by atoms with Crippen molar-refractivity contribution < 1.29 is 35.3 Å². The number of hydrogen-bond donors (Lipinski definition) is 1. The largest absolute Gasteiger partial charge is 0.534 e. The summed E-state index contributed by atoms with van der Waals surface area (Å²) in [6.07, 6.45) is 0. The lowest BCUT2D eigenvalue weighted by Crippen LogP contribution is -2.33. The van der Waals surface area contributed by atoms with E-state index in [4.69, 9.17) is 17.4 Å². The Labute approximate surface area is 157 Å². The standard InChI is InChI=1S/C16H13ClF3N2O4S/c1-10(23)22(21)15(11-2-6-13(17)7-3-11)12-4-8-14(9-5-12)26-27(24,25)16(18,19)20/h2-9H,21H2,1H3/q+1. The van der Waals surface area contributed by atoms with E-state index in [2.05, 4.69) is 4.18 Å². The average molecular weight is 422 g/mol. The highest BCUT2D eigenvalue weighted by Gasteiger charge is 2.48. The van der Waals surface area contributed by atoms with Crippen LogP contribution in [0.15, 0.2) is 48.5 Å². The maximum atomic E-state index is 12.4. The van der Waals surface area contributed by atoms with Crippen LogP contribution in [0, 0.1) is 0 Å². The Balaban J connectivity index is 2.46. The predicted molar refractivity (Wildman–Crippen MR) is 91.8 cm³/mol. The third kappa shape index (κ3) is 4.77. The Morgan fingerprint density at radius 1 is 1.04 bits per heavy atom. The molecular formula is C16H13ClF3N2O4S+. The quantitative estimate of drug-likeness (QED) is 0.156. The van der Waals surface area contributed by atoms with E-state index in [0.717, 1.165) is 16.8 Å². The van der Waals surface area contributed by atoms with Gasteiger partial charge in [-0.1, -0.05) is 11.6 Å². The molecule has 1 amide bonds. The summed E-state index contributed by atoms with van der Waals surface area (Å²) >= 11 is 5.84. The molecular weight excluding hydrogens is 409 g/mol. The number of nitrogens with two attached hydrogens (primary N) is 1. The van der Waals surface area contributed by atoms with Crippen molar-refractivity contribution in [3.63, 3.8) is 0 Å². The third-order valence-electron chi connectivity index (χ3n) is 3.31. The monoisotopic (exact) mass is 421 g/mol. The molecule has 0 heterocycles. The molecule has 2 aromatic rings. The Morgan fingerprint density at radius 2 is 1.48 bits per heavy atom. The summed E-state index contributed by atoms with van der Waals surface area (Å²) in [5.41, 5.74) is -4.46. The first-order valence-electron chi connectivity index (χ1n) is 7.22. The summed E-state index contributed by atoms with van der Waals surface area (Å²) in [6, 6.07) is 10.9. The van der Waals surface area contributed by atoms with Crippen molar-refractivity contribution in [1.29, 1.82) is 0 Å². The molecule has 0 unspecified atom stereocenters. The summed E-state index contributed by atoms with van der Waals surface area (Å²) in [4.78, 5) is 11.7. The van der Waals surface area contributed by atoms with Gasteiger partial charge in [0.25, 0.3) is 5.71 Å². The number of amides is 1. The SMILES string of the molecule is CC(=O)[N+](N)=C(c1ccc(Cl)cc1)c1ccc(OS(=O)(=O)C(F)(F)F)cc1. The molecule has 2 N–H and O–H groups in total. The number of hydrogen-bond acceptors (Lipinski definition) is 5. The van der Waals surface area contributed by atoms with Gasteiger partial charge in [-0.25, -0.2) is 10.6 Å². The Morgan fingerprint density at radius 3 is 1.89 bits per heavy atom. The fraction of sp³-hybridized carbons (Fsp3) is 0.125. The number of rotatable bonds is 4. The van der Waals surface area contributed by atoms with Crippen molar-refractivity contribution in [3.05, 3.63) is 64.7 Å². The minimum absolute atomic E-state index is 0.240. The number of carbonyl (C=O) groups is 1. The number of benzene rings is 2. The minimum Gasteiger partial charge on any atom is -0.376 e. The topological polar surface area (TPSA) is 89.5 Å². The molecule has 0 radical (unpaired) electrons. The van der Waals surface area contributed by atoms with Crippen molar-refractivity contribution in [2.75, 3.05) is 0 Å². The number of carbonyl (C=O) groups excluding carboxylic acids is 1. The Kier molecular flexibility index (Phi) is 5.81. The molecule has 6 nitrogen and oxygen atoms in total. The number of nitrogens with zero attached hydrogens (tertiary/aromatic N) is 1. The highest BCUT2D eigenvalue weighted by Crippen LogP contribution is 2.27. The zero-order valence-electron chi connectivity index (χ0n) is 13.7. The van der Waals surface area contributed by atoms with Crippen LogP contribution < -0.4 is 10.0 Å². The second-order valence-electron chi connectivity index (χ2n) is 5.25. The Bertz CT molecular complexity index is 986. The maximum Gasteiger partial charge on any atom is 0.534 e. The smallest absolute Gasteiger partial charge is 0.376 e. The first-order chi connectivity index (χ1) is 12.4. The van der Waals surface area contributed by atoms with Crippen LogP contribution in [-0.2, 0) is 14.9 Å². The van der Waals surface area contributed by atoms with Crippen LogP contribution in [0.5, 0.6) is 5.75 Å². The number of hydrazine groups is 1. The Hall–Kier alpha value is -2.59. The fourth-order valence-electron chi connectivity index (χ4n) is 2.05. The van der Waals surface area contributed by atoms with Gasteiger partial charge >= 0.3 is 21.5 Å². The van der Waals surface area contributed by atoms with E-state index < -0.39 is 27.3 Å². The van der Waals surface area contributed by atoms with Gasteiger partial charge in [0.05, 0.1) is 12.5 Å². The number of hydrazone groups is 1. The molecule has 0 atom stereocenters. The maximum absolute atomic E-state index is 12.4. The molecule has 2 aromatic carbocycles. The van der Waals surface area contributed by atoms with E-state index >= 15 is 0 Å². The van der Waals surface area contributed by atoms with Crippen molar-refractivity contribution >= 4 is 33.3 Å². The molecule has 0 fully saturated rings. The molecule has 11 heteroatoms. The van der Waals surface area contributed by atoms with Gasteiger partial charge in [0.1, 0.15) is 5.75 Å². The van der Waals surface area contributed by atoms with Gasteiger partial charge in [-0.15, -0.1) is 0 Å². The van der Waals surface area contributed by atoms with E-state index in [-0.39, 0.29) is 5.71 Å². The highest BCUT2D eigenvalue weighted by molar-refractivity contribution is 7.88. The van der Waals surface area contributed by atoms with E-state index in [0.29, 0.717) is 16.1 Å². The van der Waals surface area contributed by atoms with Crippen molar-refractivity contribution in [3.8, 4) is 5.75 Å². The first kappa shape index (κ1) is 20.7. The van der Waals surface area contributed by atoms with Crippen LogP contribution in [0.1, 0.15) is 18.1 Å².